The van der Waals surface area contributed by atoms with E-state index in [0.29, 0.717) is 22.8 Å². The zero-order chi connectivity index (χ0) is 16.8. The van der Waals surface area contributed by atoms with Crippen molar-refractivity contribution in [1.82, 2.24) is 0 Å². The van der Waals surface area contributed by atoms with E-state index in [9.17, 15) is 4.79 Å². The monoisotopic (exact) mass is 342 g/mol. The molecule has 0 radical (unpaired) electrons. The van der Waals surface area contributed by atoms with Crippen molar-refractivity contribution < 1.29 is 44.0 Å². The molecule has 24 heavy (non-hydrogen) atoms. The minimum Gasteiger partial charge on any atom is -1.00 e. The molecule has 1 unspecified atom stereocenters. The molecule has 7 heteroatoms. The van der Waals surface area contributed by atoms with Crippen LogP contribution in [0.15, 0.2) is 36.4 Å². The van der Waals surface area contributed by atoms with Crippen LogP contribution in [0.5, 0.6) is 23.0 Å². The molecule has 1 atom stereocenters. The van der Waals surface area contributed by atoms with Crippen molar-refractivity contribution >= 4 is 19.4 Å². The van der Waals surface area contributed by atoms with Gasteiger partial charge in [0, 0.05) is 12.1 Å². The molecule has 2 aromatic rings. The normalized spacial score (nSPS) is 10.2. The molecule has 5 nitrogen and oxygen atoms in total. The van der Waals surface area contributed by atoms with Crippen LogP contribution in [0.2, 0.25) is 0 Å². The van der Waals surface area contributed by atoms with Crippen LogP contribution in [0.1, 0.15) is 11.8 Å². The van der Waals surface area contributed by atoms with Gasteiger partial charge in [-0.05, 0) is 26.0 Å². The molecule has 0 aliphatic carbocycles. The summed E-state index contributed by atoms with van der Waals surface area (Å²) in [4.78, 5) is 12.7. The summed E-state index contributed by atoms with van der Waals surface area (Å²) in [6.07, 6.45) is 0. The molecule has 0 bridgehead atoms. The van der Waals surface area contributed by atoms with Crippen LogP contribution < -0.4 is 43.1 Å². The maximum Gasteiger partial charge on any atom is 1.00 e. The van der Waals surface area contributed by atoms with E-state index in [-0.39, 0.29) is 34.4 Å². The van der Waals surface area contributed by atoms with Gasteiger partial charge in [0.15, 0.2) is 5.52 Å². The fourth-order valence-corrected chi connectivity index (χ4v) is 3.06. The standard InChI is InChI=1S/C17H19O5P.Li.H/c1-19-11-5-7-13(8-6-11)23-17(18)16-14(21-3)9-12(20-2)10-15(16)22-4;;/h5-10,23H,1-4H3;;/q;+1;-1. The van der Waals surface area contributed by atoms with Crippen molar-refractivity contribution in [2.45, 2.75) is 0 Å². The summed E-state index contributed by atoms with van der Waals surface area (Å²) in [5.41, 5.74) is 0.358. The molecule has 0 saturated heterocycles. The number of rotatable bonds is 7. The first-order valence-electron chi connectivity index (χ1n) is 6.88. The van der Waals surface area contributed by atoms with Gasteiger partial charge in [-0.25, -0.2) is 0 Å². The third-order valence-corrected chi connectivity index (χ3v) is 4.39. The zero-order valence-corrected chi connectivity index (χ0v) is 15.5. The van der Waals surface area contributed by atoms with Gasteiger partial charge in [0.2, 0.25) is 0 Å². The van der Waals surface area contributed by atoms with E-state index in [0.717, 1.165) is 11.1 Å². The van der Waals surface area contributed by atoms with Gasteiger partial charge in [0.1, 0.15) is 28.6 Å². The third-order valence-electron chi connectivity index (χ3n) is 3.29. The molecule has 0 aromatic heterocycles. The molecule has 0 heterocycles. The predicted octanol–water partition coefficient (Wildman–Crippen LogP) is -0.0183. The fourth-order valence-electron chi connectivity index (χ4n) is 2.10. The van der Waals surface area contributed by atoms with Gasteiger partial charge in [-0.1, -0.05) is 12.1 Å². The van der Waals surface area contributed by atoms with Gasteiger partial charge >= 0.3 is 18.9 Å². The third kappa shape index (κ3) is 4.67. The Balaban J connectivity index is 0.00000288. The first kappa shape index (κ1) is 20.4. The largest absolute Gasteiger partial charge is 1.00 e. The van der Waals surface area contributed by atoms with E-state index in [1.807, 2.05) is 24.3 Å². The van der Waals surface area contributed by atoms with Crippen LogP contribution in [0.3, 0.4) is 0 Å². The number of hydrogen-bond donors (Lipinski definition) is 0. The Morgan fingerprint density at radius 1 is 0.833 bits per heavy atom. The molecule has 124 valence electrons. The zero-order valence-electron chi connectivity index (χ0n) is 15.5. The molecule has 0 aliphatic rings. The average molecular weight is 342 g/mol. The molecule has 0 N–H and O–H groups in total. The Morgan fingerprint density at radius 2 is 1.33 bits per heavy atom. The van der Waals surface area contributed by atoms with E-state index in [4.69, 9.17) is 18.9 Å². The van der Waals surface area contributed by atoms with Gasteiger partial charge in [-0.3, -0.25) is 4.79 Å². The predicted molar refractivity (Wildman–Crippen MR) is 92.5 cm³/mol. The Labute approximate surface area is 157 Å². The van der Waals surface area contributed by atoms with Crippen molar-refractivity contribution in [2.75, 3.05) is 28.4 Å². The molecule has 0 spiro atoms. The van der Waals surface area contributed by atoms with E-state index in [2.05, 4.69) is 0 Å². The molecule has 0 aliphatic heterocycles. The average Bonchev–Trinajstić information content (AvgIpc) is 2.60. The maximum absolute atomic E-state index is 12.7. The summed E-state index contributed by atoms with van der Waals surface area (Å²) in [6.45, 7) is 0. The number of methoxy groups -OCH3 is 4. The maximum atomic E-state index is 12.7. The van der Waals surface area contributed by atoms with Gasteiger partial charge in [-0.15, -0.1) is 0 Å². The number of carbonyl (C=O) groups is 1. The summed E-state index contributed by atoms with van der Waals surface area (Å²) in [5, 5.41) is 0.913. The minimum absolute atomic E-state index is 0. The van der Waals surface area contributed by atoms with Crippen molar-refractivity contribution in [1.29, 1.82) is 0 Å². The molecule has 2 rings (SSSR count). The van der Waals surface area contributed by atoms with Crippen LogP contribution in [0.4, 0.5) is 0 Å². The SMILES string of the molecule is COc1ccc(PC(=O)c2c(OC)cc(OC)cc2OC)cc1.[H-].[Li+]. The molecular weight excluding hydrogens is 322 g/mol. The molecule has 0 fully saturated rings. The first-order valence-corrected chi connectivity index (χ1v) is 7.88. The molecule has 2 aromatic carbocycles. The molecule has 0 saturated carbocycles. The molecular formula is C17H20LiO5P. The van der Waals surface area contributed by atoms with E-state index < -0.39 is 0 Å². The van der Waals surface area contributed by atoms with Gasteiger partial charge in [0.05, 0.1) is 28.4 Å². The second-order valence-electron chi connectivity index (χ2n) is 4.59. The Kier molecular flexibility index (Phi) is 8.14. The number of benzene rings is 2. The summed E-state index contributed by atoms with van der Waals surface area (Å²) in [7, 11) is 6.14. The Morgan fingerprint density at radius 3 is 1.75 bits per heavy atom. The summed E-state index contributed by atoms with van der Waals surface area (Å²) in [6, 6.07) is 10.8. The van der Waals surface area contributed by atoms with Gasteiger partial charge in [0.25, 0.3) is 0 Å². The van der Waals surface area contributed by atoms with Crippen molar-refractivity contribution in [2.24, 2.45) is 0 Å². The molecule has 0 amide bonds. The van der Waals surface area contributed by atoms with Crippen LogP contribution in [-0.4, -0.2) is 34.0 Å². The van der Waals surface area contributed by atoms with Crippen LogP contribution in [-0.2, 0) is 0 Å². The fraction of sp³-hybridized carbons (Fsp3) is 0.235. The second-order valence-corrected chi connectivity index (χ2v) is 5.87. The van der Waals surface area contributed by atoms with Crippen LogP contribution in [0, 0.1) is 0 Å². The summed E-state index contributed by atoms with van der Waals surface area (Å²) >= 11 is 0. The van der Waals surface area contributed by atoms with Crippen molar-refractivity contribution in [3.63, 3.8) is 0 Å². The Bertz CT molecular complexity index is 669. The van der Waals surface area contributed by atoms with Crippen molar-refractivity contribution in [3.8, 4) is 23.0 Å². The summed E-state index contributed by atoms with van der Waals surface area (Å²) in [5.74, 6) is 2.20. The smallest absolute Gasteiger partial charge is 1.00 e. The van der Waals surface area contributed by atoms with E-state index in [1.165, 1.54) is 14.2 Å². The number of ether oxygens (including phenoxy) is 4. The summed E-state index contributed by atoms with van der Waals surface area (Å²) < 4.78 is 21.0. The minimum atomic E-state index is -0.0634. The topological polar surface area (TPSA) is 54.0 Å². The van der Waals surface area contributed by atoms with E-state index in [1.54, 1.807) is 26.4 Å². The van der Waals surface area contributed by atoms with Gasteiger partial charge < -0.3 is 20.4 Å². The second kappa shape index (κ2) is 9.59. The van der Waals surface area contributed by atoms with Crippen LogP contribution >= 0.6 is 8.58 Å². The van der Waals surface area contributed by atoms with E-state index >= 15 is 0 Å². The van der Waals surface area contributed by atoms with Gasteiger partial charge in [-0.2, -0.15) is 0 Å². The Hall–Kier alpha value is -1.66. The van der Waals surface area contributed by atoms with Crippen LogP contribution in [0.25, 0.3) is 0 Å². The number of carbonyl (C=O) groups excluding carboxylic acids is 1. The number of hydrogen-bond acceptors (Lipinski definition) is 5. The van der Waals surface area contributed by atoms with Crippen molar-refractivity contribution in [3.05, 3.63) is 42.0 Å². The quantitative estimate of drug-likeness (QED) is 0.523. The first-order chi connectivity index (χ1) is 11.1.